The number of benzene rings is 1. The minimum Gasteiger partial charge on any atom is -0.481 e. The van der Waals surface area contributed by atoms with Gasteiger partial charge in [0.1, 0.15) is 5.41 Å². The van der Waals surface area contributed by atoms with Gasteiger partial charge in [-0.2, -0.15) is 0 Å². The first-order chi connectivity index (χ1) is 9.14. The second kappa shape index (κ2) is 4.49. The number of aliphatic carboxylic acids is 1. The molecule has 19 heavy (non-hydrogen) atoms. The summed E-state index contributed by atoms with van der Waals surface area (Å²) in [5.74, 6) is -0.735. The van der Waals surface area contributed by atoms with E-state index in [0.717, 1.165) is 24.2 Å². The monoisotopic (exact) mass is 257 g/mol. The van der Waals surface area contributed by atoms with Crippen molar-refractivity contribution in [1.82, 2.24) is 4.90 Å². The van der Waals surface area contributed by atoms with Gasteiger partial charge in [-0.3, -0.25) is 9.69 Å². The highest BCUT2D eigenvalue weighted by Gasteiger charge is 2.47. The number of fused-ring (bicyclic) bond motifs is 1. The van der Waals surface area contributed by atoms with Gasteiger partial charge in [-0.25, -0.2) is 0 Å². The fourth-order valence-electron chi connectivity index (χ4n) is 3.41. The third kappa shape index (κ3) is 1.80. The van der Waals surface area contributed by atoms with Gasteiger partial charge in [0.15, 0.2) is 0 Å². The van der Waals surface area contributed by atoms with Gasteiger partial charge in [0.05, 0.1) is 0 Å². The van der Waals surface area contributed by atoms with Crippen molar-refractivity contribution in [3.63, 3.8) is 0 Å². The number of hydrogen-bond donors (Lipinski definition) is 1. The lowest BCUT2D eigenvalue weighted by Gasteiger charge is -2.41. The average molecular weight is 257 g/mol. The molecule has 2 atom stereocenters. The second-order valence-electron chi connectivity index (χ2n) is 5.64. The van der Waals surface area contributed by atoms with Crippen LogP contribution in [0.1, 0.15) is 30.9 Å². The minimum atomic E-state index is -0.852. The Morgan fingerprint density at radius 2 is 2.00 bits per heavy atom. The van der Waals surface area contributed by atoms with Gasteiger partial charge in [-0.15, -0.1) is 0 Å². The van der Waals surface area contributed by atoms with E-state index in [-0.39, 0.29) is 6.04 Å². The maximum Gasteiger partial charge on any atom is 0.315 e. The molecule has 1 heterocycles. The van der Waals surface area contributed by atoms with Crippen LogP contribution >= 0.6 is 0 Å². The van der Waals surface area contributed by atoms with Crippen LogP contribution in [0.2, 0.25) is 0 Å². The highest BCUT2D eigenvalue weighted by Crippen LogP contribution is 2.39. The molecule has 1 saturated heterocycles. The predicted octanol–water partition coefficient (Wildman–Crippen LogP) is 2.52. The highest BCUT2D eigenvalue weighted by atomic mass is 16.4. The Hall–Kier alpha value is -1.61. The number of nitrogens with zero attached hydrogens (tertiary/aromatic N) is 1. The van der Waals surface area contributed by atoms with Crippen molar-refractivity contribution < 1.29 is 9.90 Å². The molecule has 3 rings (SSSR count). The summed E-state index contributed by atoms with van der Waals surface area (Å²) in [5, 5.41) is 9.81. The summed E-state index contributed by atoms with van der Waals surface area (Å²) in [6, 6.07) is 7.80. The van der Waals surface area contributed by atoms with Gasteiger partial charge in [-0.1, -0.05) is 36.4 Å². The standard InChI is InChI=1S/C16H19NO2/c1-16(15(18)19)13-7-3-2-6-12(13)8-9-14(16)17-10-4-5-11-17/h2-3,6-9,14H,4-5,10-11H2,1H3,(H,18,19)/t14-,16+/m0/s1. The van der Waals surface area contributed by atoms with Crippen LogP contribution in [0.3, 0.4) is 0 Å². The van der Waals surface area contributed by atoms with Gasteiger partial charge in [0, 0.05) is 6.04 Å². The SMILES string of the molecule is C[C@@]1(C(=O)O)c2ccccc2C=C[C@@H]1N1CCCC1. The summed E-state index contributed by atoms with van der Waals surface area (Å²) in [6.07, 6.45) is 6.48. The van der Waals surface area contributed by atoms with Crippen molar-refractivity contribution in [3.05, 3.63) is 41.5 Å². The normalized spacial score (nSPS) is 30.3. The van der Waals surface area contributed by atoms with E-state index >= 15 is 0 Å². The molecule has 0 saturated carbocycles. The summed E-state index contributed by atoms with van der Waals surface area (Å²) < 4.78 is 0. The van der Waals surface area contributed by atoms with E-state index in [4.69, 9.17) is 0 Å². The zero-order valence-electron chi connectivity index (χ0n) is 11.2. The van der Waals surface area contributed by atoms with Crippen molar-refractivity contribution in [2.75, 3.05) is 13.1 Å². The molecule has 0 unspecified atom stereocenters. The fourth-order valence-corrected chi connectivity index (χ4v) is 3.41. The van der Waals surface area contributed by atoms with Crippen LogP contribution in [0, 0.1) is 0 Å². The van der Waals surface area contributed by atoms with Gasteiger partial charge < -0.3 is 5.11 Å². The molecule has 2 aliphatic rings. The third-order valence-corrected chi connectivity index (χ3v) is 4.55. The van der Waals surface area contributed by atoms with Crippen LogP contribution in [0.5, 0.6) is 0 Å². The van der Waals surface area contributed by atoms with Gasteiger partial charge >= 0.3 is 5.97 Å². The van der Waals surface area contributed by atoms with E-state index in [2.05, 4.69) is 17.1 Å². The average Bonchev–Trinajstić information content (AvgIpc) is 2.93. The molecule has 3 nitrogen and oxygen atoms in total. The summed E-state index contributed by atoms with van der Waals surface area (Å²) >= 11 is 0. The Kier molecular flexibility index (Phi) is 2.94. The zero-order chi connectivity index (χ0) is 13.5. The highest BCUT2D eigenvalue weighted by molar-refractivity contribution is 5.86. The molecule has 0 spiro atoms. The van der Waals surface area contributed by atoms with Crippen LogP contribution in [0.25, 0.3) is 6.08 Å². The molecule has 1 fully saturated rings. The lowest BCUT2D eigenvalue weighted by atomic mass is 9.70. The molecule has 0 bridgehead atoms. The Labute approximate surface area is 113 Å². The van der Waals surface area contributed by atoms with Gasteiger partial charge in [0.2, 0.25) is 0 Å². The number of carboxylic acids is 1. The summed E-state index contributed by atoms with van der Waals surface area (Å²) in [7, 11) is 0. The van der Waals surface area contributed by atoms with Crippen LogP contribution in [-0.2, 0) is 10.2 Å². The number of hydrogen-bond acceptors (Lipinski definition) is 2. The van der Waals surface area contributed by atoms with E-state index < -0.39 is 11.4 Å². The predicted molar refractivity (Wildman–Crippen MR) is 75.1 cm³/mol. The van der Waals surface area contributed by atoms with Gasteiger partial charge in [-0.05, 0) is 44.0 Å². The Morgan fingerprint density at radius 1 is 1.32 bits per heavy atom. The number of carboxylic acid groups (broad SMARTS) is 1. The van der Waals surface area contributed by atoms with Crippen molar-refractivity contribution in [1.29, 1.82) is 0 Å². The van der Waals surface area contributed by atoms with Crippen molar-refractivity contribution >= 4 is 12.0 Å². The van der Waals surface area contributed by atoms with Crippen LogP contribution in [-0.4, -0.2) is 35.1 Å². The largest absolute Gasteiger partial charge is 0.481 e. The maximum absolute atomic E-state index is 11.9. The third-order valence-electron chi connectivity index (χ3n) is 4.55. The first-order valence-electron chi connectivity index (χ1n) is 6.89. The van der Waals surface area contributed by atoms with E-state index in [1.54, 1.807) is 0 Å². The van der Waals surface area contributed by atoms with E-state index in [1.807, 2.05) is 31.2 Å². The van der Waals surface area contributed by atoms with Crippen LogP contribution in [0.4, 0.5) is 0 Å². The number of likely N-dealkylation sites (tertiary alicyclic amines) is 1. The van der Waals surface area contributed by atoms with E-state index in [9.17, 15) is 9.90 Å². The fraction of sp³-hybridized carbons (Fsp3) is 0.438. The summed E-state index contributed by atoms with van der Waals surface area (Å²) in [6.45, 7) is 3.86. The molecule has 3 heteroatoms. The number of rotatable bonds is 2. The maximum atomic E-state index is 11.9. The molecule has 1 aliphatic carbocycles. The molecule has 0 amide bonds. The van der Waals surface area contributed by atoms with Crippen molar-refractivity contribution in [2.45, 2.75) is 31.2 Å². The van der Waals surface area contributed by atoms with Gasteiger partial charge in [0.25, 0.3) is 0 Å². The summed E-state index contributed by atoms with van der Waals surface area (Å²) in [5.41, 5.74) is 1.11. The van der Waals surface area contributed by atoms with E-state index in [0.29, 0.717) is 0 Å². The Balaban J connectivity index is 2.10. The molecule has 1 aromatic rings. The molecule has 100 valence electrons. The Bertz CT molecular complexity index is 531. The molecule has 0 aromatic heterocycles. The molecule has 1 N–H and O–H groups in total. The van der Waals surface area contributed by atoms with Crippen molar-refractivity contribution in [2.24, 2.45) is 0 Å². The zero-order valence-corrected chi connectivity index (χ0v) is 11.2. The molecule has 1 aliphatic heterocycles. The molecular formula is C16H19NO2. The quantitative estimate of drug-likeness (QED) is 0.885. The molecule has 1 aromatic carbocycles. The first-order valence-corrected chi connectivity index (χ1v) is 6.89. The van der Waals surface area contributed by atoms with Crippen LogP contribution < -0.4 is 0 Å². The topological polar surface area (TPSA) is 40.5 Å². The minimum absolute atomic E-state index is 0.0394. The molecular weight excluding hydrogens is 238 g/mol. The number of carbonyl (C=O) groups is 1. The van der Waals surface area contributed by atoms with Crippen LogP contribution in [0.15, 0.2) is 30.3 Å². The first kappa shape index (κ1) is 12.4. The summed E-state index contributed by atoms with van der Waals surface area (Å²) in [4.78, 5) is 14.3. The van der Waals surface area contributed by atoms with E-state index in [1.165, 1.54) is 12.8 Å². The second-order valence-corrected chi connectivity index (χ2v) is 5.64. The Morgan fingerprint density at radius 3 is 2.68 bits per heavy atom. The lowest BCUT2D eigenvalue weighted by molar-refractivity contribution is -0.145. The smallest absolute Gasteiger partial charge is 0.315 e. The molecule has 0 radical (unpaired) electrons. The lowest BCUT2D eigenvalue weighted by Crippen LogP contribution is -2.53. The van der Waals surface area contributed by atoms with Crippen molar-refractivity contribution in [3.8, 4) is 0 Å².